The number of hydrogen-bond donors (Lipinski definition) is 0. The van der Waals surface area contributed by atoms with Gasteiger partial charge in [-0.15, -0.1) is 0 Å². The fourth-order valence-electron chi connectivity index (χ4n) is 2.40. The fraction of sp³-hybridized carbons (Fsp3) is 0.556. The van der Waals surface area contributed by atoms with Crippen molar-refractivity contribution >= 4 is 37.6 Å². The van der Waals surface area contributed by atoms with Crippen LogP contribution in [0.25, 0.3) is 0 Å². The van der Waals surface area contributed by atoms with Crippen molar-refractivity contribution < 1.29 is 19.1 Å². The minimum atomic E-state index is -0.684. The molecular formula is C18H26NO4Pb. The second-order valence-electron chi connectivity index (χ2n) is 5.04. The second-order valence-corrected chi connectivity index (χ2v) is 6.99. The van der Waals surface area contributed by atoms with E-state index in [0.717, 1.165) is 41.7 Å². The molecule has 5 nitrogen and oxygen atoms in total. The predicted molar refractivity (Wildman–Crippen MR) is 93.7 cm³/mol. The quantitative estimate of drug-likeness (QED) is 0.226. The summed E-state index contributed by atoms with van der Waals surface area (Å²) in [6.45, 7) is 6.99. The summed E-state index contributed by atoms with van der Waals surface area (Å²) in [4.78, 5) is 25.9. The van der Waals surface area contributed by atoms with E-state index in [-0.39, 0.29) is 11.9 Å². The molecule has 1 aliphatic rings. The first kappa shape index (κ1) is 21.1. The molecule has 1 aliphatic heterocycles. The maximum absolute atomic E-state index is 12.3. The first-order valence-corrected chi connectivity index (χ1v) is 11.2. The SMILES string of the molecule is CC.CCOC(=O)C1C(OCC[CH2][Pb])C(=O)N1Cc1ccccc1. The van der Waals surface area contributed by atoms with E-state index in [1.54, 1.807) is 11.8 Å². The molecule has 1 fully saturated rings. The van der Waals surface area contributed by atoms with Crippen LogP contribution in [0.5, 0.6) is 0 Å². The Hall–Kier alpha value is -0.958. The molecule has 24 heavy (non-hydrogen) atoms. The van der Waals surface area contributed by atoms with Gasteiger partial charge >= 0.3 is 147 Å². The Balaban J connectivity index is 0.00000139. The molecule has 0 aliphatic carbocycles. The number of carbonyl (C=O) groups excluding carboxylic acids is 2. The Labute approximate surface area is 160 Å². The first-order valence-electron chi connectivity index (χ1n) is 8.46. The van der Waals surface area contributed by atoms with E-state index in [1.165, 1.54) is 0 Å². The topological polar surface area (TPSA) is 55.8 Å². The number of likely N-dealkylation sites (tertiary alicyclic amines) is 1. The average Bonchev–Trinajstić information content (AvgIpc) is 2.62. The third-order valence-electron chi connectivity index (χ3n) is 3.49. The molecule has 2 rings (SSSR count). The third-order valence-corrected chi connectivity index (χ3v) is 4.87. The molecule has 1 saturated heterocycles. The Bertz CT molecular complexity index is 509. The maximum atomic E-state index is 12.3. The van der Waals surface area contributed by atoms with E-state index in [9.17, 15) is 9.59 Å². The van der Waals surface area contributed by atoms with E-state index < -0.39 is 12.1 Å². The van der Waals surface area contributed by atoms with Gasteiger partial charge in [0.2, 0.25) is 0 Å². The summed E-state index contributed by atoms with van der Waals surface area (Å²) in [5.41, 5.74) is 0.989. The number of amides is 1. The van der Waals surface area contributed by atoms with Crippen LogP contribution in [0, 0.1) is 0 Å². The van der Waals surface area contributed by atoms with Crippen molar-refractivity contribution in [2.45, 2.75) is 49.9 Å². The second kappa shape index (κ2) is 11.6. The molecule has 0 N–H and O–H groups in total. The average molecular weight is 528 g/mol. The summed E-state index contributed by atoms with van der Waals surface area (Å²) in [6.07, 6.45) is 0.250. The van der Waals surface area contributed by atoms with Crippen molar-refractivity contribution in [2.24, 2.45) is 0 Å². The summed E-state index contributed by atoms with van der Waals surface area (Å²) >= 11 is 1.12. The van der Waals surface area contributed by atoms with Crippen LogP contribution in [-0.2, 0) is 25.6 Å². The summed E-state index contributed by atoms with van der Waals surface area (Å²) in [5.74, 6) is -0.510. The Morgan fingerprint density at radius 2 is 1.92 bits per heavy atom. The normalized spacial score (nSPS) is 19.2. The molecule has 1 amide bonds. The number of esters is 1. The fourth-order valence-corrected chi connectivity index (χ4v) is 2.96. The molecule has 0 aromatic heterocycles. The molecule has 2 unspecified atom stereocenters. The van der Waals surface area contributed by atoms with Gasteiger partial charge in [-0.05, 0) is 0 Å². The van der Waals surface area contributed by atoms with Crippen LogP contribution >= 0.6 is 0 Å². The van der Waals surface area contributed by atoms with Crippen LogP contribution in [-0.4, -0.2) is 67.9 Å². The van der Waals surface area contributed by atoms with Gasteiger partial charge in [-0.1, -0.05) is 13.8 Å². The number of benzene rings is 1. The van der Waals surface area contributed by atoms with E-state index >= 15 is 0 Å². The number of rotatable bonds is 8. The van der Waals surface area contributed by atoms with E-state index in [4.69, 9.17) is 9.47 Å². The van der Waals surface area contributed by atoms with Crippen molar-refractivity contribution in [1.82, 2.24) is 4.90 Å². The monoisotopic (exact) mass is 528 g/mol. The zero-order valence-corrected chi connectivity index (χ0v) is 18.5. The third kappa shape index (κ3) is 5.55. The van der Waals surface area contributed by atoms with Gasteiger partial charge in [0.1, 0.15) is 0 Å². The van der Waals surface area contributed by atoms with Gasteiger partial charge in [0.15, 0.2) is 0 Å². The van der Waals surface area contributed by atoms with Crippen molar-refractivity contribution in [2.75, 3.05) is 13.2 Å². The van der Waals surface area contributed by atoms with Gasteiger partial charge in [-0.2, -0.15) is 0 Å². The predicted octanol–water partition coefficient (Wildman–Crippen LogP) is 2.35. The van der Waals surface area contributed by atoms with Crippen LogP contribution in [0.1, 0.15) is 32.8 Å². The summed E-state index contributed by atoms with van der Waals surface area (Å²) in [5, 5.41) is 0. The van der Waals surface area contributed by atoms with Crippen molar-refractivity contribution in [3.63, 3.8) is 0 Å². The van der Waals surface area contributed by atoms with E-state index in [1.807, 2.05) is 44.2 Å². The van der Waals surface area contributed by atoms with Gasteiger partial charge in [0, 0.05) is 0 Å². The van der Waals surface area contributed by atoms with Gasteiger partial charge in [0.05, 0.1) is 0 Å². The van der Waals surface area contributed by atoms with Crippen molar-refractivity contribution in [1.29, 1.82) is 0 Å². The molecule has 1 heterocycles. The molecule has 0 bridgehead atoms. The summed E-state index contributed by atoms with van der Waals surface area (Å²) in [7, 11) is 0. The van der Waals surface area contributed by atoms with Gasteiger partial charge in [-0.3, -0.25) is 0 Å². The van der Waals surface area contributed by atoms with Crippen molar-refractivity contribution in [3.8, 4) is 0 Å². The number of hydrogen-bond acceptors (Lipinski definition) is 4. The number of β-lactam (4-membered cyclic amide) rings is 1. The summed E-state index contributed by atoms with van der Waals surface area (Å²) in [6, 6.07) is 9.00. The molecule has 0 saturated carbocycles. The number of carbonyl (C=O) groups is 2. The number of ether oxygens (including phenoxy) is 2. The Morgan fingerprint density at radius 3 is 2.50 bits per heavy atom. The molecule has 1 aromatic rings. The first-order chi connectivity index (χ1) is 11.7. The van der Waals surface area contributed by atoms with Crippen LogP contribution in [0.3, 0.4) is 0 Å². The molecule has 0 spiro atoms. The van der Waals surface area contributed by atoms with Gasteiger partial charge in [0.25, 0.3) is 0 Å². The van der Waals surface area contributed by atoms with Crippen molar-refractivity contribution in [3.05, 3.63) is 35.9 Å². The van der Waals surface area contributed by atoms with E-state index in [0.29, 0.717) is 19.8 Å². The van der Waals surface area contributed by atoms with Crippen LogP contribution in [0.2, 0.25) is 3.98 Å². The van der Waals surface area contributed by atoms with Gasteiger partial charge < -0.3 is 0 Å². The molecule has 131 valence electrons. The minimum absolute atomic E-state index is 0.129. The molecule has 2 atom stereocenters. The molecule has 3 radical (unpaired) electrons. The zero-order valence-electron chi connectivity index (χ0n) is 14.7. The standard InChI is InChI=1S/C16H20NO4.C2H6.Pb/c1-3-10-21-14-13(16(19)20-4-2)17(15(14)18)11-12-8-6-5-7-9-12;1-2;/h5-9,13-14H,1,3-4,10-11H2,2H3;1-2H3;. The number of nitrogens with zero attached hydrogens (tertiary/aromatic N) is 1. The van der Waals surface area contributed by atoms with Gasteiger partial charge in [-0.25, -0.2) is 0 Å². The van der Waals surface area contributed by atoms with E-state index in [2.05, 4.69) is 0 Å². The summed E-state index contributed by atoms with van der Waals surface area (Å²) < 4.78 is 11.8. The zero-order chi connectivity index (χ0) is 17.9. The molecule has 6 heteroatoms. The Morgan fingerprint density at radius 1 is 1.25 bits per heavy atom. The van der Waals surface area contributed by atoms with Crippen LogP contribution in [0.4, 0.5) is 0 Å². The molecular weight excluding hydrogens is 501 g/mol. The van der Waals surface area contributed by atoms with Crippen LogP contribution in [0.15, 0.2) is 30.3 Å². The van der Waals surface area contributed by atoms with Crippen LogP contribution < -0.4 is 0 Å². The Kier molecular flexibility index (Phi) is 10.2. The molecule has 1 aromatic carbocycles.